The molecule has 6 heteroatoms. The third-order valence-corrected chi connectivity index (χ3v) is 3.88. The Kier molecular flexibility index (Phi) is 5.50. The van der Waals surface area contributed by atoms with Crippen LogP contribution in [0.2, 0.25) is 0 Å². The van der Waals surface area contributed by atoms with E-state index in [0.717, 1.165) is 15.6 Å². The lowest BCUT2D eigenvalue weighted by molar-refractivity contribution is 0.0996. The molecular formula is C17H18BrNO4. The molecule has 2 N–H and O–H groups in total. The van der Waals surface area contributed by atoms with Crippen molar-refractivity contribution in [3.05, 3.63) is 51.5 Å². The minimum Gasteiger partial charge on any atom is -0.493 e. The summed E-state index contributed by atoms with van der Waals surface area (Å²) in [6, 6.07) is 8.97. The van der Waals surface area contributed by atoms with Crippen LogP contribution in [0.25, 0.3) is 0 Å². The summed E-state index contributed by atoms with van der Waals surface area (Å²) in [5.74, 6) is 1.15. The van der Waals surface area contributed by atoms with E-state index >= 15 is 0 Å². The highest BCUT2D eigenvalue weighted by Gasteiger charge is 2.13. The van der Waals surface area contributed by atoms with Gasteiger partial charge in [-0.2, -0.15) is 0 Å². The molecule has 5 nitrogen and oxygen atoms in total. The zero-order chi connectivity index (χ0) is 17.0. The average molecular weight is 380 g/mol. The number of aryl methyl sites for hydroxylation is 1. The van der Waals surface area contributed by atoms with Gasteiger partial charge in [-0.3, -0.25) is 4.79 Å². The molecule has 0 spiro atoms. The van der Waals surface area contributed by atoms with Crippen LogP contribution in [0, 0.1) is 6.92 Å². The lowest BCUT2D eigenvalue weighted by atomic mass is 10.1. The lowest BCUT2D eigenvalue weighted by Crippen LogP contribution is -2.13. The zero-order valence-corrected chi connectivity index (χ0v) is 14.8. The fraction of sp³-hybridized carbons (Fsp3) is 0.235. The van der Waals surface area contributed by atoms with Gasteiger partial charge in [-0.15, -0.1) is 0 Å². The molecule has 1 amide bonds. The van der Waals surface area contributed by atoms with Gasteiger partial charge in [-0.1, -0.05) is 6.07 Å². The van der Waals surface area contributed by atoms with Crippen LogP contribution in [0.4, 0.5) is 0 Å². The van der Waals surface area contributed by atoms with E-state index in [-0.39, 0.29) is 6.61 Å². The van der Waals surface area contributed by atoms with Crippen molar-refractivity contribution in [3.63, 3.8) is 0 Å². The molecule has 0 unspecified atom stereocenters. The number of amides is 1. The summed E-state index contributed by atoms with van der Waals surface area (Å²) in [4.78, 5) is 11.5. The molecule has 2 aromatic rings. The second-order valence-corrected chi connectivity index (χ2v) is 5.82. The Labute approximate surface area is 143 Å². The fourth-order valence-electron chi connectivity index (χ4n) is 2.17. The first-order chi connectivity index (χ1) is 11.0. The number of ether oxygens (including phenoxy) is 3. The molecule has 0 aliphatic rings. The molecule has 0 aliphatic heterocycles. The Morgan fingerprint density at radius 2 is 1.87 bits per heavy atom. The van der Waals surface area contributed by atoms with Crippen molar-refractivity contribution in [3.8, 4) is 17.2 Å². The predicted octanol–water partition coefficient (Wildman–Crippen LogP) is 3.45. The quantitative estimate of drug-likeness (QED) is 0.834. The van der Waals surface area contributed by atoms with E-state index in [0.29, 0.717) is 22.8 Å². The van der Waals surface area contributed by atoms with Crippen LogP contribution >= 0.6 is 15.9 Å². The summed E-state index contributed by atoms with van der Waals surface area (Å²) >= 11 is 3.44. The number of hydrogen-bond donors (Lipinski definition) is 1. The van der Waals surface area contributed by atoms with Gasteiger partial charge in [0.2, 0.25) is 0 Å². The molecule has 0 bridgehead atoms. The number of benzene rings is 2. The number of primary amides is 1. The van der Waals surface area contributed by atoms with Crippen LogP contribution in [-0.2, 0) is 6.61 Å². The van der Waals surface area contributed by atoms with Gasteiger partial charge in [0.05, 0.1) is 24.3 Å². The maximum Gasteiger partial charge on any atom is 0.252 e. The van der Waals surface area contributed by atoms with E-state index in [2.05, 4.69) is 15.9 Å². The molecule has 23 heavy (non-hydrogen) atoms. The summed E-state index contributed by atoms with van der Waals surface area (Å²) in [6.45, 7) is 2.19. The van der Waals surface area contributed by atoms with Crippen molar-refractivity contribution in [2.24, 2.45) is 5.73 Å². The number of methoxy groups -OCH3 is 2. The number of hydrogen-bond acceptors (Lipinski definition) is 4. The van der Waals surface area contributed by atoms with Gasteiger partial charge < -0.3 is 19.9 Å². The van der Waals surface area contributed by atoms with Gasteiger partial charge >= 0.3 is 0 Å². The maximum absolute atomic E-state index is 11.5. The smallest absolute Gasteiger partial charge is 0.252 e. The Morgan fingerprint density at radius 1 is 1.13 bits per heavy atom. The molecule has 122 valence electrons. The molecule has 0 heterocycles. The number of carbonyl (C=O) groups excluding carboxylic acids is 1. The second kappa shape index (κ2) is 7.37. The van der Waals surface area contributed by atoms with Gasteiger partial charge in [-0.05, 0) is 58.2 Å². The van der Waals surface area contributed by atoms with Crippen molar-refractivity contribution in [2.75, 3.05) is 14.2 Å². The van der Waals surface area contributed by atoms with Crippen LogP contribution in [0.3, 0.4) is 0 Å². The average Bonchev–Trinajstić information content (AvgIpc) is 2.52. The topological polar surface area (TPSA) is 70.8 Å². The Balaban J connectivity index is 2.26. The highest BCUT2D eigenvalue weighted by atomic mass is 79.9. The van der Waals surface area contributed by atoms with E-state index < -0.39 is 5.91 Å². The van der Waals surface area contributed by atoms with Crippen LogP contribution < -0.4 is 19.9 Å². The highest BCUT2D eigenvalue weighted by molar-refractivity contribution is 9.10. The highest BCUT2D eigenvalue weighted by Crippen LogP contribution is 2.36. The van der Waals surface area contributed by atoms with E-state index in [9.17, 15) is 4.79 Å². The van der Waals surface area contributed by atoms with Crippen molar-refractivity contribution >= 4 is 21.8 Å². The number of nitrogens with two attached hydrogens (primary N) is 1. The summed E-state index contributed by atoms with van der Waals surface area (Å²) in [5.41, 5.74) is 7.59. The monoisotopic (exact) mass is 379 g/mol. The van der Waals surface area contributed by atoms with Crippen LogP contribution in [-0.4, -0.2) is 20.1 Å². The minimum absolute atomic E-state index is 0.267. The van der Waals surface area contributed by atoms with Gasteiger partial charge in [0, 0.05) is 0 Å². The van der Waals surface area contributed by atoms with Crippen molar-refractivity contribution in [1.29, 1.82) is 0 Å². The SMILES string of the molecule is COc1cc(COc2cc(C)ccc2C(N)=O)cc(Br)c1OC. The van der Waals surface area contributed by atoms with Crippen LogP contribution in [0.5, 0.6) is 17.2 Å². The van der Waals surface area contributed by atoms with Gasteiger partial charge in [-0.25, -0.2) is 0 Å². The van der Waals surface area contributed by atoms with Gasteiger partial charge in [0.1, 0.15) is 12.4 Å². The van der Waals surface area contributed by atoms with E-state index in [1.54, 1.807) is 26.4 Å². The summed E-state index contributed by atoms with van der Waals surface area (Å²) in [7, 11) is 3.14. The van der Waals surface area contributed by atoms with Crippen LogP contribution in [0.15, 0.2) is 34.8 Å². The molecule has 0 aliphatic carbocycles. The maximum atomic E-state index is 11.5. The fourth-order valence-corrected chi connectivity index (χ4v) is 2.82. The van der Waals surface area contributed by atoms with E-state index in [4.69, 9.17) is 19.9 Å². The molecule has 2 aromatic carbocycles. The number of rotatable bonds is 6. The first kappa shape index (κ1) is 17.1. The number of carbonyl (C=O) groups is 1. The summed E-state index contributed by atoms with van der Waals surface area (Å²) in [6.07, 6.45) is 0. The third kappa shape index (κ3) is 3.96. The summed E-state index contributed by atoms with van der Waals surface area (Å²) in [5, 5.41) is 0. The standard InChI is InChI=1S/C17H18BrNO4/c1-10-4-5-12(17(19)20)14(6-10)23-9-11-7-13(18)16(22-3)15(8-11)21-2/h4-8H,9H2,1-3H3,(H2,19,20). The van der Waals surface area contributed by atoms with E-state index in [1.165, 1.54) is 0 Å². The molecular weight excluding hydrogens is 362 g/mol. The minimum atomic E-state index is -0.520. The molecule has 2 rings (SSSR count). The molecule has 0 atom stereocenters. The first-order valence-corrected chi connectivity index (χ1v) is 7.69. The molecule has 0 radical (unpaired) electrons. The summed E-state index contributed by atoms with van der Waals surface area (Å²) < 4.78 is 17.1. The molecule has 0 fully saturated rings. The zero-order valence-electron chi connectivity index (χ0n) is 13.2. The van der Waals surface area contributed by atoms with Crippen molar-refractivity contribution in [1.82, 2.24) is 0 Å². The van der Waals surface area contributed by atoms with Gasteiger partial charge in [0.25, 0.3) is 5.91 Å². The lowest BCUT2D eigenvalue weighted by Gasteiger charge is -2.14. The third-order valence-electron chi connectivity index (χ3n) is 3.29. The number of halogens is 1. The van der Waals surface area contributed by atoms with E-state index in [1.807, 2.05) is 25.1 Å². The largest absolute Gasteiger partial charge is 0.493 e. The van der Waals surface area contributed by atoms with Crippen LogP contribution in [0.1, 0.15) is 21.5 Å². The normalized spacial score (nSPS) is 10.3. The Morgan fingerprint density at radius 3 is 2.48 bits per heavy atom. The van der Waals surface area contributed by atoms with Gasteiger partial charge in [0.15, 0.2) is 11.5 Å². The molecule has 0 aromatic heterocycles. The molecule has 0 saturated carbocycles. The van der Waals surface area contributed by atoms with Crippen molar-refractivity contribution < 1.29 is 19.0 Å². The Hall–Kier alpha value is -2.21. The van der Waals surface area contributed by atoms with Crippen molar-refractivity contribution in [2.45, 2.75) is 13.5 Å². The predicted molar refractivity (Wildman–Crippen MR) is 91.3 cm³/mol. The first-order valence-electron chi connectivity index (χ1n) is 6.90. The second-order valence-electron chi connectivity index (χ2n) is 4.97. The Bertz CT molecular complexity index is 731. The molecule has 0 saturated heterocycles.